The summed E-state index contributed by atoms with van der Waals surface area (Å²) in [5.41, 5.74) is 0. The lowest BCUT2D eigenvalue weighted by Crippen LogP contribution is -2.24. The topological polar surface area (TPSA) is 0 Å². The lowest BCUT2D eigenvalue weighted by Gasteiger charge is -2.22. The van der Waals surface area contributed by atoms with Gasteiger partial charge >= 0.3 is 0 Å². The Kier molecular flexibility index (Phi) is 7.26. The second-order valence-corrected chi connectivity index (χ2v) is 5.74. The van der Waals surface area contributed by atoms with Gasteiger partial charge in [0.1, 0.15) is 0 Å². The van der Waals surface area contributed by atoms with Crippen LogP contribution in [0, 0.1) is 0 Å². The van der Waals surface area contributed by atoms with Crippen LogP contribution in [0.3, 0.4) is 0 Å². The highest BCUT2D eigenvalue weighted by atomic mass is 35.5. The van der Waals surface area contributed by atoms with Crippen molar-refractivity contribution in [2.24, 2.45) is 0 Å². The summed E-state index contributed by atoms with van der Waals surface area (Å²) in [6.45, 7) is 6.20. The third-order valence-electron chi connectivity index (χ3n) is 2.31. The molecule has 0 radical (unpaired) electrons. The summed E-state index contributed by atoms with van der Waals surface area (Å²) in [7, 11) is 0. The molecule has 0 aromatic heterocycles. The van der Waals surface area contributed by atoms with Gasteiger partial charge in [0.25, 0.3) is 0 Å². The fourth-order valence-electron chi connectivity index (χ4n) is 1.27. The average molecular weight is 225 g/mol. The first kappa shape index (κ1) is 13.6. The maximum atomic E-state index is 6.14. The Balaban J connectivity index is 3.32. The molecule has 0 fully saturated rings. The van der Waals surface area contributed by atoms with Crippen molar-refractivity contribution in [1.29, 1.82) is 0 Å². The van der Waals surface area contributed by atoms with Gasteiger partial charge in [0.15, 0.2) is 0 Å². The third kappa shape index (κ3) is 7.64. The predicted octanol–water partition coefficient (Wildman–Crippen LogP) is 4.97. The molecule has 0 amide bonds. The molecule has 1 unspecified atom stereocenters. The molecule has 0 aromatic carbocycles. The minimum Gasteiger partial charge on any atom is -0.121 e. The molecule has 0 spiro atoms. The van der Waals surface area contributed by atoms with Crippen LogP contribution >= 0.6 is 23.2 Å². The molecule has 0 heterocycles. The van der Waals surface area contributed by atoms with Crippen LogP contribution in [0.2, 0.25) is 0 Å². The van der Waals surface area contributed by atoms with Crippen LogP contribution in [0.15, 0.2) is 0 Å². The first-order valence-corrected chi connectivity index (χ1v) is 6.13. The van der Waals surface area contributed by atoms with Gasteiger partial charge in [-0.3, -0.25) is 0 Å². The molecule has 2 heteroatoms. The SMILES string of the molecule is CCCCCCCC(Cl)C(C)(C)Cl. The second kappa shape index (κ2) is 6.95. The maximum absolute atomic E-state index is 6.14. The molecular formula is C11H22Cl2. The Morgan fingerprint density at radius 2 is 1.62 bits per heavy atom. The van der Waals surface area contributed by atoms with E-state index in [0.717, 1.165) is 6.42 Å². The van der Waals surface area contributed by atoms with E-state index in [1.165, 1.54) is 32.1 Å². The summed E-state index contributed by atoms with van der Waals surface area (Å²) in [5, 5.41) is 0.107. The fourth-order valence-corrected chi connectivity index (χ4v) is 1.53. The molecular weight excluding hydrogens is 203 g/mol. The first-order valence-electron chi connectivity index (χ1n) is 5.31. The van der Waals surface area contributed by atoms with Gasteiger partial charge in [-0.25, -0.2) is 0 Å². The summed E-state index contributed by atoms with van der Waals surface area (Å²) in [6, 6.07) is 0. The van der Waals surface area contributed by atoms with Crippen molar-refractivity contribution >= 4 is 23.2 Å². The van der Waals surface area contributed by atoms with Crippen molar-refractivity contribution in [3.8, 4) is 0 Å². The van der Waals surface area contributed by atoms with Gasteiger partial charge in [-0.1, -0.05) is 39.0 Å². The van der Waals surface area contributed by atoms with Crippen molar-refractivity contribution in [3.05, 3.63) is 0 Å². The number of hydrogen-bond donors (Lipinski definition) is 0. The third-order valence-corrected chi connectivity index (χ3v) is 3.44. The second-order valence-electron chi connectivity index (χ2n) is 4.23. The molecule has 0 aliphatic rings. The molecule has 0 bridgehead atoms. The molecule has 1 atom stereocenters. The summed E-state index contributed by atoms with van der Waals surface area (Å²) in [6.07, 6.45) is 7.53. The van der Waals surface area contributed by atoms with E-state index in [1.807, 2.05) is 13.8 Å². The van der Waals surface area contributed by atoms with Crippen LogP contribution in [-0.2, 0) is 0 Å². The van der Waals surface area contributed by atoms with Gasteiger partial charge in [0.2, 0.25) is 0 Å². The molecule has 0 aliphatic heterocycles. The standard InChI is InChI=1S/C11H22Cl2/c1-4-5-6-7-8-9-10(12)11(2,3)13/h10H,4-9H2,1-3H3. The number of unbranched alkanes of at least 4 members (excludes halogenated alkanes) is 4. The number of rotatable bonds is 7. The van der Waals surface area contributed by atoms with E-state index in [-0.39, 0.29) is 10.3 Å². The van der Waals surface area contributed by atoms with Gasteiger partial charge in [0, 0.05) is 0 Å². The smallest absolute Gasteiger partial charge is 0.0553 e. The molecule has 0 aliphatic carbocycles. The highest BCUT2D eigenvalue weighted by Crippen LogP contribution is 2.27. The van der Waals surface area contributed by atoms with E-state index in [9.17, 15) is 0 Å². The van der Waals surface area contributed by atoms with Crippen LogP contribution < -0.4 is 0 Å². The summed E-state index contributed by atoms with van der Waals surface area (Å²) < 4.78 is 0. The van der Waals surface area contributed by atoms with Crippen LogP contribution in [0.1, 0.15) is 59.3 Å². The Hall–Kier alpha value is 0.580. The molecule has 13 heavy (non-hydrogen) atoms. The van der Waals surface area contributed by atoms with Crippen molar-refractivity contribution in [2.75, 3.05) is 0 Å². The van der Waals surface area contributed by atoms with Gasteiger partial charge in [0.05, 0.1) is 10.3 Å². The summed E-state index contributed by atoms with van der Waals surface area (Å²) in [5.74, 6) is 0. The molecule has 0 saturated carbocycles. The van der Waals surface area contributed by atoms with Crippen LogP contribution in [-0.4, -0.2) is 10.3 Å². The van der Waals surface area contributed by atoms with Crippen molar-refractivity contribution < 1.29 is 0 Å². The highest BCUT2D eigenvalue weighted by molar-refractivity contribution is 6.32. The Bertz CT molecular complexity index is 116. The number of hydrogen-bond acceptors (Lipinski definition) is 0. The average Bonchev–Trinajstić information content (AvgIpc) is 2.02. The zero-order chi connectivity index (χ0) is 10.3. The molecule has 0 saturated heterocycles. The van der Waals surface area contributed by atoms with Gasteiger partial charge in [-0.2, -0.15) is 0 Å². The van der Waals surface area contributed by atoms with E-state index >= 15 is 0 Å². The molecule has 0 nitrogen and oxygen atoms in total. The first-order chi connectivity index (χ1) is 5.98. The monoisotopic (exact) mass is 224 g/mol. The minimum atomic E-state index is -0.258. The Labute approximate surface area is 93.0 Å². The van der Waals surface area contributed by atoms with Gasteiger partial charge in [-0.15, -0.1) is 23.2 Å². The highest BCUT2D eigenvalue weighted by Gasteiger charge is 2.23. The van der Waals surface area contributed by atoms with E-state index in [0.29, 0.717) is 0 Å². The van der Waals surface area contributed by atoms with Gasteiger partial charge in [-0.05, 0) is 20.3 Å². The lowest BCUT2D eigenvalue weighted by molar-refractivity contribution is 0.543. The van der Waals surface area contributed by atoms with E-state index in [2.05, 4.69) is 6.92 Å². The van der Waals surface area contributed by atoms with E-state index < -0.39 is 0 Å². The normalized spacial score (nSPS) is 14.5. The van der Waals surface area contributed by atoms with Crippen LogP contribution in [0.4, 0.5) is 0 Å². The molecule has 0 N–H and O–H groups in total. The number of alkyl halides is 2. The predicted molar refractivity (Wildman–Crippen MR) is 62.9 cm³/mol. The Morgan fingerprint density at radius 3 is 2.08 bits per heavy atom. The molecule has 0 aromatic rings. The quantitative estimate of drug-likeness (QED) is 0.423. The lowest BCUT2D eigenvalue weighted by atomic mass is 10.0. The van der Waals surface area contributed by atoms with Crippen LogP contribution in [0.5, 0.6) is 0 Å². The molecule has 0 rings (SSSR count). The maximum Gasteiger partial charge on any atom is 0.0553 e. The minimum absolute atomic E-state index is 0.107. The zero-order valence-electron chi connectivity index (χ0n) is 9.08. The van der Waals surface area contributed by atoms with Crippen molar-refractivity contribution in [1.82, 2.24) is 0 Å². The van der Waals surface area contributed by atoms with Crippen LogP contribution in [0.25, 0.3) is 0 Å². The van der Waals surface area contributed by atoms with E-state index in [1.54, 1.807) is 0 Å². The van der Waals surface area contributed by atoms with Crippen molar-refractivity contribution in [3.63, 3.8) is 0 Å². The van der Waals surface area contributed by atoms with Gasteiger partial charge < -0.3 is 0 Å². The number of halogens is 2. The van der Waals surface area contributed by atoms with E-state index in [4.69, 9.17) is 23.2 Å². The summed E-state index contributed by atoms with van der Waals surface area (Å²) in [4.78, 5) is -0.258. The zero-order valence-corrected chi connectivity index (χ0v) is 10.6. The Morgan fingerprint density at radius 1 is 1.08 bits per heavy atom. The fraction of sp³-hybridized carbons (Fsp3) is 1.00. The summed E-state index contributed by atoms with van der Waals surface area (Å²) >= 11 is 12.2. The molecule has 80 valence electrons. The van der Waals surface area contributed by atoms with Crippen molar-refractivity contribution in [2.45, 2.75) is 69.5 Å². The largest absolute Gasteiger partial charge is 0.121 e.